The molecule has 1 saturated heterocycles. The highest BCUT2D eigenvalue weighted by molar-refractivity contribution is 5.56. The Balaban J connectivity index is 2.08. The molecule has 1 aromatic carbocycles. The van der Waals surface area contributed by atoms with Crippen LogP contribution in [0.3, 0.4) is 0 Å². The molecule has 0 aliphatic carbocycles. The Morgan fingerprint density at radius 3 is 2.74 bits per heavy atom. The molecule has 0 amide bonds. The first kappa shape index (κ1) is 17.4. The molecule has 0 spiro atoms. The van der Waals surface area contributed by atoms with E-state index in [2.05, 4.69) is 41.5 Å². The fraction of sp³-hybridized carbons (Fsp3) is 0.421. The summed E-state index contributed by atoms with van der Waals surface area (Å²) in [5.41, 5.74) is 4.47. The number of hydrogen-bond donors (Lipinski definition) is 1. The number of benzene rings is 1. The molecule has 1 unspecified atom stereocenters. The van der Waals surface area contributed by atoms with Crippen LogP contribution in [0.5, 0.6) is 0 Å². The molecule has 1 aliphatic rings. The van der Waals surface area contributed by atoms with E-state index in [0.717, 1.165) is 30.1 Å². The Bertz CT molecular complexity index is 603. The highest BCUT2D eigenvalue weighted by Crippen LogP contribution is 2.27. The molecule has 23 heavy (non-hydrogen) atoms. The number of rotatable bonds is 5. The van der Waals surface area contributed by atoms with Gasteiger partial charge in [0.1, 0.15) is 5.76 Å². The van der Waals surface area contributed by atoms with Gasteiger partial charge in [-0.2, -0.15) is 0 Å². The summed E-state index contributed by atoms with van der Waals surface area (Å²) >= 11 is 0. The summed E-state index contributed by atoms with van der Waals surface area (Å²) in [5, 5.41) is 3.47. The second-order valence-electron chi connectivity index (χ2n) is 5.65. The van der Waals surface area contributed by atoms with Gasteiger partial charge in [-0.05, 0) is 33.3 Å². The van der Waals surface area contributed by atoms with Crippen LogP contribution in [0.4, 0.5) is 0 Å². The van der Waals surface area contributed by atoms with Gasteiger partial charge in [-0.3, -0.25) is 4.99 Å². The van der Waals surface area contributed by atoms with Gasteiger partial charge in [0.15, 0.2) is 6.29 Å². The molecule has 1 aromatic rings. The van der Waals surface area contributed by atoms with E-state index in [1.807, 2.05) is 26.8 Å². The first-order valence-electron chi connectivity index (χ1n) is 8.03. The summed E-state index contributed by atoms with van der Waals surface area (Å²) in [6.45, 7) is 10.1. The van der Waals surface area contributed by atoms with Gasteiger partial charge in [0, 0.05) is 24.9 Å². The fourth-order valence-electron chi connectivity index (χ4n) is 2.51. The highest BCUT2D eigenvalue weighted by atomic mass is 16.7. The molecule has 1 atom stereocenters. The number of nitrogens with zero attached hydrogens (tertiary/aromatic N) is 1. The Labute approximate surface area is 138 Å². The van der Waals surface area contributed by atoms with E-state index in [9.17, 15) is 0 Å². The zero-order chi connectivity index (χ0) is 16.7. The van der Waals surface area contributed by atoms with Crippen molar-refractivity contribution >= 4 is 6.21 Å². The molecule has 124 valence electrons. The average Bonchev–Trinajstić information content (AvgIpc) is 2.56. The minimum atomic E-state index is -0.235. The Hall–Kier alpha value is -1.91. The minimum Gasteiger partial charge on any atom is -0.463 e. The van der Waals surface area contributed by atoms with Crippen molar-refractivity contribution in [2.75, 3.05) is 13.2 Å². The molecule has 0 aromatic heterocycles. The monoisotopic (exact) mass is 314 g/mol. The van der Waals surface area contributed by atoms with Crippen LogP contribution in [0, 0.1) is 0 Å². The maximum atomic E-state index is 5.86. The smallest absolute Gasteiger partial charge is 0.197 e. The summed E-state index contributed by atoms with van der Waals surface area (Å²) < 4.78 is 11.5. The van der Waals surface area contributed by atoms with Crippen molar-refractivity contribution in [1.82, 2.24) is 5.32 Å². The lowest BCUT2D eigenvalue weighted by molar-refractivity contribution is -0.117. The summed E-state index contributed by atoms with van der Waals surface area (Å²) in [7, 11) is 0. The lowest BCUT2D eigenvalue weighted by Crippen LogP contribution is -2.26. The van der Waals surface area contributed by atoms with Gasteiger partial charge in [-0.15, -0.1) is 0 Å². The van der Waals surface area contributed by atoms with Gasteiger partial charge in [-0.1, -0.05) is 35.9 Å². The SMILES string of the molecule is CC=N/C(C)=C1/OC(C)OC/C1=C(/C)CNCc1ccccc1. The lowest BCUT2D eigenvalue weighted by Gasteiger charge is -2.28. The zero-order valence-electron chi connectivity index (χ0n) is 14.4. The summed E-state index contributed by atoms with van der Waals surface area (Å²) in [6.07, 6.45) is 1.55. The van der Waals surface area contributed by atoms with Gasteiger partial charge < -0.3 is 14.8 Å². The van der Waals surface area contributed by atoms with Gasteiger partial charge in [-0.25, -0.2) is 0 Å². The van der Waals surface area contributed by atoms with Crippen LogP contribution in [-0.4, -0.2) is 25.7 Å². The third-order valence-corrected chi connectivity index (χ3v) is 3.75. The van der Waals surface area contributed by atoms with Crippen LogP contribution in [0.2, 0.25) is 0 Å². The van der Waals surface area contributed by atoms with E-state index in [-0.39, 0.29) is 6.29 Å². The standard InChI is InChI=1S/C19H26N2O2/c1-5-21-15(3)19-18(13-22-16(4)23-19)14(2)11-20-12-17-9-7-6-8-10-17/h5-10,16,20H,11-13H2,1-4H3/b18-14+,19-15+,21-5?. The molecule has 1 fully saturated rings. The quantitative estimate of drug-likeness (QED) is 0.841. The van der Waals surface area contributed by atoms with Crippen LogP contribution < -0.4 is 5.32 Å². The molecule has 4 nitrogen and oxygen atoms in total. The van der Waals surface area contributed by atoms with Crippen molar-refractivity contribution in [1.29, 1.82) is 0 Å². The van der Waals surface area contributed by atoms with Crippen molar-refractivity contribution in [3.05, 3.63) is 58.5 Å². The van der Waals surface area contributed by atoms with Crippen molar-refractivity contribution in [3.8, 4) is 0 Å². The third-order valence-electron chi connectivity index (χ3n) is 3.75. The Kier molecular flexibility index (Phi) is 6.56. The summed E-state index contributed by atoms with van der Waals surface area (Å²) in [5.74, 6) is 0.848. The largest absolute Gasteiger partial charge is 0.463 e. The molecule has 0 saturated carbocycles. The van der Waals surface area contributed by atoms with Crippen LogP contribution in [0.15, 0.2) is 57.9 Å². The number of ether oxygens (including phenoxy) is 2. The summed E-state index contributed by atoms with van der Waals surface area (Å²) in [6, 6.07) is 10.4. The number of nitrogens with one attached hydrogen (secondary N) is 1. The van der Waals surface area contributed by atoms with Crippen molar-refractivity contribution < 1.29 is 9.47 Å². The minimum absolute atomic E-state index is 0.235. The van der Waals surface area contributed by atoms with Crippen LogP contribution in [-0.2, 0) is 16.0 Å². The molecule has 4 heteroatoms. The van der Waals surface area contributed by atoms with E-state index in [0.29, 0.717) is 6.61 Å². The number of hydrogen-bond acceptors (Lipinski definition) is 4. The first-order chi connectivity index (χ1) is 11.1. The van der Waals surface area contributed by atoms with E-state index in [1.54, 1.807) is 6.21 Å². The van der Waals surface area contributed by atoms with E-state index >= 15 is 0 Å². The Morgan fingerprint density at radius 1 is 1.30 bits per heavy atom. The highest BCUT2D eigenvalue weighted by Gasteiger charge is 2.23. The normalized spacial score (nSPS) is 22.9. The van der Waals surface area contributed by atoms with Crippen LogP contribution in [0.1, 0.15) is 33.3 Å². The first-order valence-corrected chi connectivity index (χ1v) is 8.03. The second kappa shape index (κ2) is 8.65. The summed E-state index contributed by atoms with van der Waals surface area (Å²) in [4.78, 5) is 4.36. The maximum absolute atomic E-state index is 5.86. The molecule has 1 N–H and O–H groups in total. The Morgan fingerprint density at radius 2 is 2.04 bits per heavy atom. The molecule has 1 heterocycles. The van der Waals surface area contributed by atoms with Gasteiger partial charge in [0.05, 0.1) is 12.3 Å². The van der Waals surface area contributed by atoms with E-state index in [1.165, 1.54) is 11.1 Å². The maximum Gasteiger partial charge on any atom is 0.197 e. The van der Waals surface area contributed by atoms with Gasteiger partial charge in [0.25, 0.3) is 0 Å². The van der Waals surface area contributed by atoms with Crippen LogP contribution >= 0.6 is 0 Å². The van der Waals surface area contributed by atoms with Crippen molar-refractivity contribution in [3.63, 3.8) is 0 Å². The zero-order valence-corrected chi connectivity index (χ0v) is 14.4. The fourth-order valence-corrected chi connectivity index (χ4v) is 2.51. The molecule has 1 aliphatic heterocycles. The van der Waals surface area contributed by atoms with Gasteiger partial charge >= 0.3 is 0 Å². The number of aliphatic imine (C=N–C) groups is 1. The van der Waals surface area contributed by atoms with Crippen LogP contribution in [0.25, 0.3) is 0 Å². The van der Waals surface area contributed by atoms with Gasteiger partial charge in [0.2, 0.25) is 0 Å². The molecule has 2 rings (SSSR count). The third kappa shape index (κ3) is 5.05. The molecule has 0 bridgehead atoms. The van der Waals surface area contributed by atoms with Crippen molar-refractivity contribution in [2.45, 2.75) is 40.5 Å². The lowest BCUT2D eigenvalue weighted by atomic mass is 10.1. The average molecular weight is 314 g/mol. The topological polar surface area (TPSA) is 42.9 Å². The van der Waals surface area contributed by atoms with E-state index in [4.69, 9.17) is 9.47 Å². The number of allylic oxidation sites excluding steroid dienone is 1. The van der Waals surface area contributed by atoms with E-state index < -0.39 is 0 Å². The second-order valence-corrected chi connectivity index (χ2v) is 5.65. The predicted molar refractivity (Wildman–Crippen MR) is 94.2 cm³/mol. The predicted octanol–water partition coefficient (Wildman–Crippen LogP) is 3.81. The van der Waals surface area contributed by atoms with Crippen molar-refractivity contribution in [2.24, 2.45) is 4.99 Å². The molecule has 0 radical (unpaired) electrons. The molecular weight excluding hydrogens is 288 g/mol. The molecular formula is C19H26N2O2.